The Morgan fingerprint density at radius 2 is 2.18 bits per heavy atom. The van der Waals surface area contributed by atoms with Gasteiger partial charge in [0.1, 0.15) is 5.82 Å². The lowest BCUT2D eigenvalue weighted by Gasteiger charge is -2.02. The second-order valence-electron chi connectivity index (χ2n) is 2.39. The summed E-state index contributed by atoms with van der Waals surface area (Å²) in [5.74, 6) is -0.294. The average Bonchev–Trinajstić information content (AvgIpc) is 1.99. The molecule has 0 amide bonds. The Labute approximate surface area is 70.0 Å². The van der Waals surface area contributed by atoms with Gasteiger partial charge in [0.2, 0.25) is 0 Å². The molecule has 60 valence electrons. The number of hydrogen-bond donors (Lipinski definition) is 1. The second kappa shape index (κ2) is 3.20. The molecule has 2 N–H and O–H groups in total. The minimum atomic E-state index is -0.294. The number of rotatable bonds is 1. The zero-order valence-electron chi connectivity index (χ0n) is 6.20. The third-order valence-corrected chi connectivity index (χ3v) is 1.97. The molecule has 0 spiro atoms. The van der Waals surface area contributed by atoms with E-state index in [9.17, 15) is 4.39 Å². The van der Waals surface area contributed by atoms with Gasteiger partial charge in [-0.2, -0.15) is 0 Å². The van der Waals surface area contributed by atoms with Crippen molar-refractivity contribution in [2.24, 2.45) is 5.73 Å². The molecule has 0 radical (unpaired) electrons. The Kier molecular flexibility index (Phi) is 2.47. The van der Waals surface area contributed by atoms with E-state index in [0.717, 1.165) is 5.56 Å². The van der Waals surface area contributed by atoms with Crippen molar-refractivity contribution in [1.82, 2.24) is 0 Å². The summed E-state index contributed by atoms with van der Waals surface area (Å²) in [5, 5.41) is 0.436. The topological polar surface area (TPSA) is 26.0 Å². The Morgan fingerprint density at radius 3 is 2.64 bits per heavy atom. The molecule has 1 aromatic rings. The van der Waals surface area contributed by atoms with Crippen LogP contribution in [0.4, 0.5) is 4.39 Å². The lowest BCUT2D eigenvalue weighted by molar-refractivity contribution is 0.616. The molecule has 1 nitrogen and oxygen atoms in total. The standard InChI is InChI=1S/C8H9ClFN/c1-5-7(9)2-6(4-11)3-8(5)10/h2-3H,4,11H2,1H3. The first-order valence-electron chi connectivity index (χ1n) is 3.29. The van der Waals surface area contributed by atoms with Crippen LogP contribution < -0.4 is 5.73 Å². The molecule has 0 heterocycles. The molecule has 0 atom stereocenters. The SMILES string of the molecule is Cc1c(F)cc(CN)cc1Cl. The molecule has 0 aliphatic heterocycles. The monoisotopic (exact) mass is 173 g/mol. The number of nitrogens with two attached hydrogens (primary N) is 1. The normalized spacial score (nSPS) is 10.2. The molecule has 0 saturated heterocycles. The van der Waals surface area contributed by atoms with Crippen molar-refractivity contribution in [3.63, 3.8) is 0 Å². The fraction of sp³-hybridized carbons (Fsp3) is 0.250. The zero-order valence-corrected chi connectivity index (χ0v) is 6.95. The van der Waals surface area contributed by atoms with Gasteiger partial charge in [-0.25, -0.2) is 4.39 Å². The van der Waals surface area contributed by atoms with Gasteiger partial charge in [-0.1, -0.05) is 11.6 Å². The molecule has 0 saturated carbocycles. The molecular weight excluding hydrogens is 165 g/mol. The third-order valence-electron chi connectivity index (χ3n) is 1.58. The first kappa shape index (κ1) is 8.50. The summed E-state index contributed by atoms with van der Waals surface area (Å²) in [6, 6.07) is 3.08. The Bertz CT molecular complexity index is 250. The van der Waals surface area contributed by atoms with Gasteiger partial charge in [0.25, 0.3) is 0 Å². The van der Waals surface area contributed by atoms with Gasteiger partial charge >= 0.3 is 0 Å². The van der Waals surface area contributed by atoms with E-state index < -0.39 is 0 Å². The summed E-state index contributed by atoms with van der Waals surface area (Å²) < 4.78 is 12.9. The molecule has 0 aromatic heterocycles. The van der Waals surface area contributed by atoms with E-state index in [1.165, 1.54) is 6.07 Å². The molecule has 11 heavy (non-hydrogen) atoms. The van der Waals surface area contributed by atoms with E-state index in [1.807, 2.05) is 0 Å². The first-order chi connectivity index (χ1) is 5.15. The zero-order chi connectivity index (χ0) is 8.43. The van der Waals surface area contributed by atoms with Crippen LogP contribution in [0.5, 0.6) is 0 Å². The fourth-order valence-electron chi connectivity index (χ4n) is 0.816. The van der Waals surface area contributed by atoms with Crippen LogP contribution in [0.15, 0.2) is 12.1 Å². The van der Waals surface area contributed by atoms with Gasteiger partial charge in [-0.3, -0.25) is 0 Å². The highest BCUT2D eigenvalue weighted by Crippen LogP contribution is 2.19. The summed E-state index contributed by atoms with van der Waals surface area (Å²) in [5.41, 5.74) is 6.51. The summed E-state index contributed by atoms with van der Waals surface area (Å²) in [7, 11) is 0. The van der Waals surface area contributed by atoms with Crippen LogP contribution in [0.25, 0.3) is 0 Å². The molecule has 3 heteroatoms. The van der Waals surface area contributed by atoms with Gasteiger partial charge in [0.05, 0.1) is 0 Å². The molecule has 0 fully saturated rings. The van der Waals surface area contributed by atoms with Crippen molar-refractivity contribution >= 4 is 11.6 Å². The maximum absolute atomic E-state index is 12.9. The van der Waals surface area contributed by atoms with Crippen LogP contribution in [0.2, 0.25) is 5.02 Å². The minimum Gasteiger partial charge on any atom is -0.326 e. The van der Waals surface area contributed by atoms with Crippen LogP contribution in [0, 0.1) is 12.7 Å². The quantitative estimate of drug-likeness (QED) is 0.693. The van der Waals surface area contributed by atoms with Crippen molar-refractivity contribution in [3.05, 3.63) is 34.1 Å². The smallest absolute Gasteiger partial charge is 0.127 e. The van der Waals surface area contributed by atoms with Crippen molar-refractivity contribution in [1.29, 1.82) is 0 Å². The first-order valence-corrected chi connectivity index (χ1v) is 3.67. The maximum Gasteiger partial charge on any atom is 0.127 e. The van der Waals surface area contributed by atoms with Gasteiger partial charge in [-0.05, 0) is 24.6 Å². The Morgan fingerprint density at radius 1 is 1.55 bits per heavy atom. The van der Waals surface area contributed by atoms with Crippen LogP contribution in [0.3, 0.4) is 0 Å². The Hall–Kier alpha value is -0.600. The molecule has 0 unspecified atom stereocenters. The molecule has 0 aliphatic carbocycles. The number of hydrogen-bond acceptors (Lipinski definition) is 1. The van der Waals surface area contributed by atoms with Crippen molar-refractivity contribution in [3.8, 4) is 0 Å². The molecular formula is C8H9ClFN. The third kappa shape index (κ3) is 1.70. The highest BCUT2D eigenvalue weighted by Gasteiger charge is 2.03. The maximum atomic E-state index is 12.9. The molecule has 0 bridgehead atoms. The summed E-state index contributed by atoms with van der Waals surface area (Å²) in [6.45, 7) is 1.95. The lowest BCUT2D eigenvalue weighted by Crippen LogP contribution is -1.98. The van der Waals surface area contributed by atoms with Gasteiger partial charge in [0.15, 0.2) is 0 Å². The van der Waals surface area contributed by atoms with E-state index in [4.69, 9.17) is 17.3 Å². The second-order valence-corrected chi connectivity index (χ2v) is 2.80. The van der Waals surface area contributed by atoms with E-state index >= 15 is 0 Å². The predicted octanol–water partition coefficient (Wildman–Crippen LogP) is 2.25. The van der Waals surface area contributed by atoms with Gasteiger partial charge in [0, 0.05) is 17.1 Å². The van der Waals surface area contributed by atoms with E-state index in [0.29, 0.717) is 17.1 Å². The molecule has 0 aliphatic rings. The van der Waals surface area contributed by atoms with Crippen LogP contribution in [-0.2, 0) is 6.54 Å². The van der Waals surface area contributed by atoms with Crippen LogP contribution in [-0.4, -0.2) is 0 Å². The van der Waals surface area contributed by atoms with Crippen LogP contribution >= 0.6 is 11.6 Å². The summed E-state index contributed by atoms with van der Waals surface area (Å²) in [4.78, 5) is 0. The van der Waals surface area contributed by atoms with E-state index in [-0.39, 0.29) is 5.82 Å². The van der Waals surface area contributed by atoms with E-state index in [1.54, 1.807) is 13.0 Å². The largest absolute Gasteiger partial charge is 0.326 e. The van der Waals surface area contributed by atoms with E-state index in [2.05, 4.69) is 0 Å². The summed E-state index contributed by atoms with van der Waals surface area (Å²) >= 11 is 5.70. The number of benzene rings is 1. The molecule has 1 aromatic carbocycles. The highest BCUT2D eigenvalue weighted by atomic mass is 35.5. The van der Waals surface area contributed by atoms with Crippen molar-refractivity contribution < 1.29 is 4.39 Å². The average molecular weight is 174 g/mol. The van der Waals surface area contributed by atoms with Crippen LogP contribution in [0.1, 0.15) is 11.1 Å². The van der Waals surface area contributed by atoms with Gasteiger partial charge in [-0.15, -0.1) is 0 Å². The fourth-order valence-corrected chi connectivity index (χ4v) is 1.05. The minimum absolute atomic E-state index is 0.294. The summed E-state index contributed by atoms with van der Waals surface area (Å²) in [6.07, 6.45) is 0. The van der Waals surface area contributed by atoms with Crippen molar-refractivity contribution in [2.45, 2.75) is 13.5 Å². The van der Waals surface area contributed by atoms with Crippen molar-refractivity contribution in [2.75, 3.05) is 0 Å². The predicted molar refractivity (Wildman–Crippen MR) is 44.0 cm³/mol. The van der Waals surface area contributed by atoms with Gasteiger partial charge < -0.3 is 5.73 Å². The lowest BCUT2D eigenvalue weighted by atomic mass is 10.1. The molecule has 1 rings (SSSR count). The Balaban J connectivity index is 3.21. The number of halogens is 2. The highest BCUT2D eigenvalue weighted by molar-refractivity contribution is 6.31.